The highest BCUT2D eigenvalue weighted by Crippen LogP contribution is 2.21. The Morgan fingerprint density at radius 1 is 1.21 bits per heavy atom. The van der Waals surface area contributed by atoms with Gasteiger partial charge in [0.05, 0.1) is 6.10 Å². The number of rotatable bonds is 5. The number of ether oxygens (including phenoxy) is 1. The summed E-state index contributed by atoms with van der Waals surface area (Å²) in [6.07, 6.45) is 1.95. The molecule has 8 heteroatoms. The third-order valence-corrected chi connectivity index (χ3v) is 3.63. The van der Waals surface area contributed by atoms with Crippen LogP contribution in [0.15, 0.2) is 30.3 Å². The third-order valence-electron chi connectivity index (χ3n) is 3.63. The van der Waals surface area contributed by atoms with Crippen LogP contribution >= 0.6 is 0 Å². The van der Waals surface area contributed by atoms with E-state index in [0.29, 0.717) is 13.2 Å². The topological polar surface area (TPSA) is 76.1 Å². The number of nitrogens with one attached hydrogen (secondary N) is 2. The maximum atomic E-state index is 13.6. The number of halogens is 2. The zero-order chi connectivity index (χ0) is 16.9. The number of hydrogen-bond acceptors (Lipinski definition) is 5. The number of carbonyl (C=O) groups is 1. The van der Waals surface area contributed by atoms with Gasteiger partial charge in [0.25, 0.3) is 5.91 Å². The molecule has 0 bridgehead atoms. The summed E-state index contributed by atoms with van der Waals surface area (Å²) in [4.78, 5) is 12.0. The molecular formula is C16H16F2N4O2. The second-order valence-corrected chi connectivity index (χ2v) is 5.37. The summed E-state index contributed by atoms with van der Waals surface area (Å²) in [5.74, 6) is -1.72. The summed E-state index contributed by atoms with van der Waals surface area (Å²) in [5.41, 5.74) is -0.199. The van der Waals surface area contributed by atoms with Crippen molar-refractivity contribution in [3.05, 3.63) is 47.7 Å². The number of hydrogen-bond donors (Lipinski definition) is 2. The van der Waals surface area contributed by atoms with Crippen molar-refractivity contribution < 1.29 is 18.3 Å². The van der Waals surface area contributed by atoms with Gasteiger partial charge in [-0.15, -0.1) is 10.2 Å². The van der Waals surface area contributed by atoms with Gasteiger partial charge in [0.1, 0.15) is 17.3 Å². The molecule has 1 aromatic carbocycles. The van der Waals surface area contributed by atoms with Gasteiger partial charge in [0.2, 0.25) is 0 Å². The fourth-order valence-corrected chi connectivity index (χ4v) is 2.37. The fraction of sp³-hybridized carbons (Fsp3) is 0.312. The Morgan fingerprint density at radius 3 is 2.62 bits per heavy atom. The Morgan fingerprint density at radius 2 is 2.00 bits per heavy atom. The number of para-hydroxylation sites is 1. The van der Waals surface area contributed by atoms with Crippen LogP contribution in [-0.4, -0.2) is 35.4 Å². The Kier molecular flexibility index (Phi) is 4.95. The molecule has 0 spiro atoms. The van der Waals surface area contributed by atoms with Gasteiger partial charge in [0.15, 0.2) is 11.5 Å². The van der Waals surface area contributed by atoms with E-state index in [0.717, 1.165) is 25.0 Å². The normalized spacial score (nSPS) is 16.8. The van der Waals surface area contributed by atoms with Crippen molar-refractivity contribution in [2.24, 2.45) is 0 Å². The van der Waals surface area contributed by atoms with Gasteiger partial charge < -0.3 is 15.4 Å². The summed E-state index contributed by atoms with van der Waals surface area (Å²) >= 11 is 0. The first-order valence-corrected chi connectivity index (χ1v) is 7.58. The molecule has 126 valence electrons. The van der Waals surface area contributed by atoms with Crippen LogP contribution in [0.3, 0.4) is 0 Å². The molecule has 1 aromatic heterocycles. The lowest BCUT2D eigenvalue weighted by atomic mass is 10.2. The first-order chi connectivity index (χ1) is 11.6. The first kappa shape index (κ1) is 16.3. The molecule has 1 fully saturated rings. The molecule has 1 amide bonds. The molecule has 3 rings (SSSR count). The molecule has 1 unspecified atom stereocenters. The molecule has 2 heterocycles. The lowest BCUT2D eigenvalue weighted by Gasteiger charge is -2.10. The van der Waals surface area contributed by atoms with Crippen molar-refractivity contribution >= 4 is 17.4 Å². The van der Waals surface area contributed by atoms with E-state index in [1.165, 1.54) is 18.2 Å². The largest absolute Gasteiger partial charge is 0.376 e. The van der Waals surface area contributed by atoms with E-state index in [1.54, 1.807) is 0 Å². The molecule has 1 saturated heterocycles. The summed E-state index contributed by atoms with van der Waals surface area (Å²) in [6, 6.07) is 6.39. The molecule has 0 saturated carbocycles. The summed E-state index contributed by atoms with van der Waals surface area (Å²) < 4.78 is 32.5. The van der Waals surface area contributed by atoms with Crippen LogP contribution in [0, 0.1) is 11.6 Å². The van der Waals surface area contributed by atoms with Crippen LogP contribution in [0.1, 0.15) is 23.3 Å². The molecule has 1 aliphatic rings. The molecular weight excluding hydrogens is 318 g/mol. The average Bonchev–Trinajstić information content (AvgIpc) is 3.10. The van der Waals surface area contributed by atoms with Gasteiger partial charge >= 0.3 is 0 Å². The molecule has 1 atom stereocenters. The monoisotopic (exact) mass is 334 g/mol. The van der Waals surface area contributed by atoms with E-state index in [2.05, 4.69) is 20.8 Å². The van der Waals surface area contributed by atoms with Crippen LogP contribution in [0.5, 0.6) is 0 Å². The van der Waals surface area contributed by atoms with Crippen LogP contribution in [0.25, 0.3) is 0 Å². The number of benzene rings is 1. The van der Waals surface area contributed by atoms with Gasteiger partial charge in [-0.3, -0.25) is 4.79 Å². The summed E-state index contributed by atoms with van der Waals surface area (Å²) in [5, 5.41) is 12.8. The van der Waals surface area contributed by atoms with Gasteiger partial charge in [-0.05, 0) is 37.1 Å². The molecule has 0 aliphatic carbocycles. The van der Waals surface area contributed by atoms with Gasteiger partial charge in [-0.1, -0.05) is 6.07 Å². The lowest BCUT2D eigenvalue weighted by Crippen LogP contribution is -2.32. The minimum absolute atomic E-state index is 0.0341. The average molecular weight is 334 g/mol. The number of carbonyl (C=O) groups excluding carboxylic acids is 1. The van der Waals surface area contributed by atoms with Crippen molar-refractivity contribution in [3.8, 4) is 0 Å². The van der Waals surface area contributed by atoms with E-state index >= 15 is 0 Å². The van der Waals surface area contributed by atoms with E-state index in [4.69, 9.17) is 4.74 Å². The number of aromatic nitrogens is 2. The Balaban J connectivity index is 1.61. The zero-order valence-electron chi connectivity index (χ0n) is 12.8. The molecule has 24 heavy (non-hydrogen) atoms. The van der Waals surface area contributed by atoms with E-state index in [1.807, 2.05) is 0 Å². The van der Waals surface area contributed by atoms with E-state index in [-0.39, 0.29) is 29.2 Å². The van der Waals surface area contributed by atoms with Gasteiger partial charge in [0, 0.05) is 13.2 Å². The van der Waals surface area contributed by atoms with Crippen LogP contribution in [0.4, 0.5) is 20.3 Å². The SMILES string of the molecule is O=C(NCC1CCCO1)c1ccc(Nc2c(F)cccc2F)nn1. The molecule has 1 aliphatic heterocycles. The number of amides is 1. The first-order valence-electron chi connectivity index (χ1n) is 7.58. The van der Waals surface area contributed by atoms with Crippen molar-refractivity contribution in [3.63, 3.8) is 0 Å². The second-order valence-electron chi connectivity index (χ2n) is 5.37. The highest BCUT2D eigenvalue weighted by atomic mass is 19.1. The fourth-order valence-electron chi connectivity index (χ4n) is 2.37. The Hall–Kier alpha value is -2.61. The maximum absolute atomic E-state index is 13.6. The molecule has 2 aromatic rings. The predicted octanol–water partition coefficient (Wildman–Crippen LogP) is 2.41. The van der Waals surface area contributed by atoms with Gasteiger partial charge in [-0.25, -0.2) is 8.78 Å². The Labute approximate surface area is 137 Å². The summed E-state index contributed by atoms with van der Waals surface area (Å²) in [6.45, 7) is 1.13. The van der Waals surface area contributed by atoms with Crippen molar-refractivity contribution in [2.45, 2.75) is 18.9 Å². The minimum Gasteiger partial charge on any atom is -0.376 e. The maximum Gasteiger partial charge on any atom is 0.271 e. The van der Waals surface area contributed by atoms with Crippen LogP contribution < -0.4 is 10.6 Å². The lowest BCUT2D eigenvalue weighted by molar-refractivity contribution is 0.0853. The highest BCUT2D eigenvalue weighted by molar-refractivity contribution is 5.92. The summed E-state index contributed by atoms with van der Waals surface area (Å²) in [7, 11) is 0. The predicted molar refractivity (Wildman–Crippen MR) is 83.0 cm³/mol. The highest BCUT2D eigenvalue weighted by Gasteiger charge is 2.17. The zero-order valence-corrected chi connectivity index (χ0v) is 12.8. The number of nitrogens with zero attached hydrogens (tertiary/aromatic N) is 2. The standard InChI is InChI=1S/C16H16F2N4O2/c17-11-4-1-5-12(18)15(11)20-14-7-6-13(21-22-14)16(23)19-9-10-3-2-8-24-10/h1,4-7,10H,2-3,8-9H2,(H,19,23)(H,20,22). The van der Waals surface area contributed by atoms with Crippen LogP contribution in [0.2, 0.25) is 0 Å². The Bertz CT molecular complexity index is 698. The second kappa shape index (κ2) is 7.31. The number of anilines is 2. The third kappa shape index (κ3) is 3.83. The molecule has 6 nitrogen and oxygen atoms in total. The smallest absolute Gasteiger partial charge is 0.271 e. The minimum atomic E-state index is -0.741. The van der Waals surface area contributed by atoms with Crippen molar-refractivity contribution in [2.75, 3.05) is 18.5 Å². The van der Waals surface area contributed by atoms with E-state index < -0.39 is 11.6 Å². The van der Waals surface area contributed by atoms with Crippen molar-refractivity contribution in [1.82, 2.24) is 15.5 Å². The van der Waals surface area contributed by atoms with Crippen molar-refractivity contribution in [1.29, 1.82) is 0 Å². The van der Waals surface area contributed by atoms with E-state index in [9.17, 15) is 13.6 Å². The molecule has 2 N–H and O–H groups in total. The van der Waals surface area contributed by atoms with Gasteiger partial charge in [-0.2, -0.15) is 0 Å². The van der Waals surface area contributed by atoms with Crippen LogP contribution in [-0.2, 0) is 4.74 Å². The quantitative estimate of drug-likeness (QED) is 0.878. The molecule has 0 radical (unpaired) electrons.